The van der Waals surface area contributed by atoms with E-state index in [-0.39, 0.29) is 11.2 Å². The Morgan fingerprint density at radius 1 is 1.25 bits per heavy atom. The van der Waals surface area contributed by atoms with Crippen LogP contribution < -0.4 is 0 Å². The lowest BCUT2D eigenvalue weighted by molar-refractivity contribution is -0.136. The van der Waals surface area contributed by atoms with Crippen molar-refractivity contribution in [1.29, 1.82) is 0 Å². The number of likely N-dealkylation sites (tertiary alicyclic amines) is 1. The van der Waals surface area contributed by atoms with Crippen molar-refractivity contribution in [2.24, 2.45) is 0 Å². The number of fused-ring (bicyclic) bond motifs is 1. The number of aryl methyl sites for hydroxylation is 2. The van der Waals surface area contributed by atoms with Gasteiger partial charge in [-0.1, -0.05) is 11.8 Å². The van der Waals surface area contributed by atoms with Gasteiger partial charge in [0.15, 0.2) is 0 Å². The molecule has 1 fully saturated rings. The summed E-state index contributed by atoms with van der Waals surface area (Å²) in [7, 11) is 0. The van der Waals surface area contributed by atoms with Gasteiger partial charge in [-0.05, 0) is 59.9 Å². The molecule has 2 aromatic rings. The first-order valence-electron chi connectivity index (χ1n) is 8.56. The molecule has 1 amide bonds. The zero-order valence-electron chi connectivity index (χ0n) is 15.0. The molecule has 3 rings (SSSR count). The van der Waals surface area contributed by atoms with E-state index in [0.717, 1.165) is 24.2 Å². The second-order valence-corrected chi connectivity index (χ2v) is 8.09. The molecule has 0 spiro atoms. The van der Waals surface area contributed by atoms with Gasteiger partial charge < -0.3 is 4.90 Å². The van der Waals surface area contributed by atoms with E-state index in [9.17, 15) is 4.79 Å². The second-order valence-electron chi connectivity index (χ2n) is 6.78. The van der Waals surface area contributed by atoms with Crippen LogP contribution in [0, 0.1) is 13.8 Å². The predicted molar refractivity (Wildman–Crippen MR) is 95.2 cm³/mol. The molecular weight excluding hydrogens is 322 g/mol. The fraction of sp³-hybridized carbons (Fsp3) is 0.647. The van der Waals surface area contributed by atoms with Crippen LogP contribution in [0.5, 0.6) is 0 Å². The summed E-state index contributed by atoms with van der Waals surface area (Å²) in [5, 5.41) is 4.90. The molecule has 130 valence electrons. The summed E-state index contributed by atoms with van der Waals surface area (Å²) >= 11 is 1.42. The van der Waals surface area contributed by atoms with Crippen LogP contribution in [0.3, 0.4) is 0 Å². The third kappa shape index (κ3) is 3.27. The number of piperidine rings is 1. The van der Waals surface area contributed by atoms with Crippen LogP contribution in [0.25, 0.3) is 5.78 Å². The highest BCUT2D eigenvalue weighted by Crippen LogP contribution is 2.28. The topological polar surface area (TPSA) is 63.4 Å². The van der Waals surface area contributed by atoms with E-state index in [0.29, 0.717) is 23.0 Å². The molecule has 3 heterocycles. The number of carbonyl (C=O) groups excluding carboxylic acids is 1. The summed E-state index contributed by atoms with van der Waals surface area (Å²) in [6.07, 6.45) is 3.37. The Bertz CT molecular complexity index is 749. The molecule has 0 saturated carbocycles. The van der Waals surface area contributed by atoms with Crippen LogP contribution in [0.2, 0.25) is 0 Å². The number of hydrogen-bond donors (Lipinski definition) is 0. The minimum atomic E-state index is -0.202. The van der Waals surface area contributed by atoms with Crippen LogP contribution >= 0.6 is 11.8 Å². The summed E-state index contributed by atoms with van der Waals surface area (Å²) in [5.41, 5.74) is 1.91. The lowest BCUT2D eigenvalue weighted by Gasteiger charge is -2.40. The molecule has 0 N–H and O–H groups in total. The van der Waals surface area contributed by atoms with Crippen molar-refractivity contribution >= 4 is 23.4 Å². The van der Waals surface area contributed by atoms with Gasteiger partial charge in [-0.2, -0.15) is 4.98 Å². The van der Waals surface area contributed by atoms with Crippen LogP contribution in [0.4, 0.5) is 0 Å². The maximum atomic E-state index is 12.9. The van der Waals surface area contributed by atoms with E-state index in [4.69, 9.17) is 0 Å². The number of amides is 1. The lowest BCUT2D eigenvalue weighted by Crippen LogP contribution is -2.50. The third-order valence-electron chi connectivity index (χ3n) is 4.68. The number of hydrogen-bond acceptors (Lipinski definition) is 5. The fourth-order valence-electron chi connectivity index (χ4n) is 3.47. The molecule has 0 aliphatic carbocycles. The van der Waals surface area contributed by atoms with Crippen molar-refractivity contribution in [2.45, 2.75) is 76.4 Å². The Morgan fingerprint density at radius 2 is 1.92 bits per heavy atom. The van der Waals surface area contributed by atoms with Crippen molar-refractivity contribution in [1.82, 2.24) is 24.5 Å². The van der Waals surface area contributed by atoms with Gasteiger partial charge >= 0.3 is 0 Å². The average Bonchev–Trinajstić information content (AvgIpc) is 2.89. The smallest absolute Gasteiger partial charge is 0.253 e. The minimum Gasteiger partial charge on any atom is -0.336 e. The Kier molecular flexibility index (Phi) is 4.80. The van der Waals surface area contributed by atoms with E-state index in [2.05, 4.69) is 28.9 Å². The highest BCUT2D eigenvalue weighted by Gasteiger charge is 2.32. The number of nitrogens with zero attached hydrogens (tertiary/aromatic N) is 5. The maximum absolute atomic E-state index is 12.9. The van der Waals surface area contributed by atoms with E-state index in [1.807, 2.05) is 31.7 Å². The van der Waals surface area contributed by atoms with Gasteiger partial charge in [0.2, 0.25) is 11.1 Å². The van der Waals surface area contributed by atoms with Crippen molar-refractivity contribution in [3.05, 3.63) is 17.5 Å². The molecule has 0 radical (unpaired) electrons. The van der Waals surface area contributed by atoms with Gasteiger partial charge in [0, 0.05) is 23.5 Å². The summed E-state index contributed by atoms with van der Waals surface area (Å²) in [6.45, 7) is 10.2. The minimum absolute atomic E-state index is 0.180. The molecule has 2 aromatic heterocycles. The van der Waals surface area contributed by atoms with E-state index in [1.165, 1.54) is 18.2 Å². The summed E-state index contributed by atoms with van der Waals surface area (Å²) in [4.78, 5) is 23.8. The molecule has 0 bridgehead atoms. The van der Waals surface area contributed by atoms with Gasteiger partial charge in [0.25, 0.3) is 5.78 Å². The van der Waals surface area contributed by atoms with Crippen molar-refractivity contribution in [3.63, 3.8) is 0 Å². The summed E-state index contributed by atoms with van der Waals surface area (Å²) in [5.74, 6) is 0.772. The van der Waals surface area contributed by atoms with Crippen molar-refractivity contribution < 1.29 is 4.79 Å². The van der Waals surface area contributed by atoms with Crippen molar-refractivity contribution in [3.8, 4) is 0 Å². The molecule has 7 heteroatoms. The fourth-order valence-corrected chi connectivity index (χ4v) is 4.27. The highest BCUT2D eigenvalue weighted by molar-refractivity contribution is 8.00. The number of carbonyl (C=O) groups is 1. The molecular formula is C17H25N5OS. The predicted octanol–water partition coefficient (Wildman–Crippen LogP) is 3.01. The van der Waals surface area contributed by atoms with Gasteiger partial charge in [-0.15, -0.1) is 5.10 Å². The van der Waals surface area contributed by atoms with Crippen LogP contribution in [0.1, 0.15) is 51.4 Å². The molecule has 1 aliphatic heterocycles. The molecule has 3 atom stereocenters. The van der Waals surface area contributed by atoms with Crippen LogP contribution in [-0.4, -0.2) is 47.7 Å². The first kappa shape index (κ1) is 17.2. The van der Waals surface area contributed by atoms with Gasteiger partial charge in [-0.3, -0.25) is 4.79 Å². The lowest BCUT2D eigenvalue weighted by atomic mass is 9.97. The van der Waals surface area contributed by atoms with E-state index >= 15 is 0 Å². The number of thioether (sulfide) groups is 1. The van der Waals surface area contributed by atoms with E-state index in [1.54, 1.807) is 4.52 Å². The van der Waals surface area contributed by atoms with Crippen molar-refractivity contribution in [2.75, 3.05) is 0 Å². The molecule has 6 nitrogen and oxygen atoms in total. The molecule has 1 aliphatic rings. The van der Waals surface area contributed by atoms with Gasteiger partial charge in [0.05, 0.1) is 5.25 Å². The monoisotopic (exact) mass is 347 g/mol. The number of rotatable bonds is 3. The normalized spacial score (nSPS) is 22.8. The first-order chi connectivity index (χ1) is 11.4. The second kappa shape index (κ2) is 6.70. The van der Waals surface area contributed by atoms with Gasteiger partial charge in [-0.25, -0.2) is 9.50 Å². The Labute approximate surface area is 147 Å². The first-order valence-corrected chi connectivity index (χ1v) is 9.44. The van der Waals surface area contributed by atoms with E-state index < -0.39 is 0 Å². The van der Waals surface area contributed by atoms with Crippen LogP contribution in [0.15, 0.2) is 11.2 Å². The zero-order valence-corrected chi connectivity index (χ0v) is 15.8. The Balaban J connectivity index is 1.78. The molecule has 0 aromatic carbocycles. The largest absolute Gasteiger partial charge is 0.336 e. The average molecular weight is 347 g/mol. The van der Waals surface area contributed by atoms with Gasteiger partial charge in [0.1, 0.15) is 0 Å². The molecule has 1 saturated heterocycles. The zero-order chi connectivity index (χ0) is 17.4. The Morgan fingerprint density at radius 3 is 2.58 bits per heavy atom. The quantitative estimate of drug-likeness (QED) is 0.799. The SMILES string of the molecule is Cc1cc(C)n2nc(S[C@H](C)C(=O)N3[C@@H](C)CCC[C@@H]3C)nc2n1. The highest BCUT2D eigenvalue weighted by atomic mass is 32.2. The Hall–Kier alpha value is -1.63. The third-order valence-corrected chi connectivity index (χ3v) is 5.62. The maximum Gasteiger partial charge on any atom is 0.253 e. The summed E-state index contributed by atoms with van der Waals surface area (Å²) < 4.78 is 1.73. The summed E-state index contributed by atoms with van der Waals surface area (Å²) in [6, 6.07) is 2.59. The van der Waals surface area contributed by atoms with Crippen LogP contribution in [-0.2, 0) is 4.79 Å². The molecule has 24 heavy (non-hydrogen) atoms. The standard InChI is InChI=1S/C17H25N5OS/c1-10-9-13(4)22-16(18-10)19-17(20-22)24-14(5)15(23)21-11(2)7-6-8-12(21)3/h9,11-12,14H,6-8H2,1-5H3/t11-,12-,14+/m0/s1. The number of aromatic nitrogens is 4. The molecule has 0 unspecified atom stereocenters.